The van der Waals surface area contributed by atoms with Gasteiger partial charge >= 0.3 is 6.18 Å². The second-order valence-electron chi connectivity index (χ2n) is 4.33. The maximum absolute atomic E-state index is 12.4. The van der Waals surface area contributed by atoms with Crippen molar-refractivity contribution in [2.75, 3.05) is 17.3 Å². The molecular formula is C11H13ClF3NO2S. The molecule has 3 nitrogen and oxygen atoms in total. The van der Waals surface area contributed by atoms with Crippen LogP contribution in [-0.4, -0.2) is 26.5 Å². The Morgan fingerprint density at radius 3 is 2.37 bits per heavy atom. The standard InChI is InChI=1S/C11H13ClF3NO2S/c1-7(6-19(2,17)18)16-10-4-3-8(5-9(10)12)11(13,14)15/h3-5,7,16H,6H2,1-2H3. The third kappa shape index (κ3) is 5.28. The van der Waals surface area contributed by atoms with Crippen molar-refractivity contribution < 1.29 is 21.6 Å². The van der Waals surface area contributed by atoms with Gasteiger partial charge < -0.3 is 5.32 Å². The molecule has 108 valence electrons. The van der Waals surface area contributed by atoms with Gasteiger partial charge in [-0.05, 0) is 25.1 Å². The Balaban J connectivity index is 2.87. The third-order valence-electron chi connectivity index (χ3n) is 2.25. The Labute approximate surface area is 114 Å². The lowest BCUT2D eigenvalue weighted by molar-refractivity contribution is -0.137. The van der Waals surface area contributed by atoms with E-state index in [0.717, 1.165) is 18.4 Å². The van der Waals surface area contributed by atoms with Gasteiger partial charge in [-0.3, -0.25) is 0 Å². The largest absolute Gasteiger partial charge is 0.416 e. The first-order valence-electron chi connectivity index (χ1n) is 5.30. The summed E-state index contributed by atoms with van der Waals surface area (Å²) in [5.74, 6) is -0.135. The molecule has 19 heavy (non-hydrogen) atoms. The van der Waals surface area contributed by atoms with Crippen LogP contribution >= 0.6 is 11.6 Å². The number of hydrogen-bond donors (Lipinski definition) is 1. The molecule has 0 aliphatic heterocycles. The van der Waals surface area contributed by atoms with E-state index in [4.69, 9.17) is 11.6 Å². The number of sulfone groups is 1. The van der Waals surface area contributed by atoms with E-state index in [9.17, 15) is 21.6 Å². The number of alkyl halides is 3. The molecular weight excluding hydrogens is 303 g/mol. The Kier molecular flexibility index (Phi) is 4.73. The third-order valence-corrected chi connectivity index (χ3v) is 3.67. The van der Waals surface area contributed by atoms with Crippen LogP contribution in [0.3, 0.4) is 0 Å². The van der Waals surface area contributed by atoms with Crippen molar-refractivity contribution in [1.29, 1.82) is 0 Å². The summed E-state index contributed by atoms with van der Waals surface area (Å²) in [4.78, 5) is 0. The Morgan fingerprint density at radius 1 is 1.37 bits per heavy atom. The van der Waals surface area contributed by atoms with Gasteiger partial charge in [-0.1, -0.05) is 11.6 Å². The van der Waals surface area contributed by atoms with E-state index in [0.29, 0.717) is 0 Å². The first-order chi connectivity index (χ1) is 8.49. The number of halogens is 4. The fourth-order valence-corrected chi connectivity index (χ4v) is 2.80. The summed E-state index contributed by atoms with van der Waals surface area (Å²) >= 11 is 5.74. The zero-order valence-corrected chi connectivity index (χ0v) is 11.8. The van der Waals surface area contributed by atoms with Gasteiger partial charge in [0.25, 0.3) is 0 Å². The average Bonchev–Trinajstić information content (AvgIpc) is 2.16. The fraction of sp³-hybridized carbons (Fsp3) is 0.455. The molecule has 1 unspecified atom stereocenters. The lowest BCUT2D eigenvalue weighted by Gasteiger charge is -2.16. The van der Waals surface area contributed by atoms with E-state index in [1.807, 2.05) is 0 Å². The number of benzene rings is 1. The quantitative estimate of drug-likeness (QED) is 0.928. The van der Waals surface area contributed by atoms with Crippen molar-refractivity contribution in [3.05, 3.63) is 28.8 Å². The predicted molar refractivity (Wildman–Crippen MR) is 69.2 cm³/mol. The number of rotatable bonds is 4. The van der Waals surface area contributed by atoms with Crippen molar-refractivity contribution in [2.24, 2.45) is 0 Å². The van der Waals surface area contributed by atoms with E-state index < -0.39 is 27.6 Å². The fourth-order valence-electron chi connectivity index (χ4n) is 1.57. The molecule has 0 aromatic heterocycles. The first-order valence-corrected chi connectivity index (χ1v) is 7.74. The number of nitrogens with one attached hydrogen (secondary N) is 1. The highest BCUT2D eigenvalue weighted by Crippen LogP contribution is 2.33. The molecule has 1 rings (SSSR count). The highest BCUT2D eigenvalue weighted by Gasteiger charge is 2.30. The summed E-state index contributed by atoms with van der Waals surface area (Å²) in [6.07, 6.45) is -3.37. The van der Waals surface area contributed by atoms with Crippen LogP contribution in [0.5, 0.6) is 0 Å². The van der Waals surface area contributed by atoms with Gasteiger partial charge in [-0.2, -0.15) is 13.2 Å². The van der Waals surface area contributed by atoms with Gasteiger partial charge in [0.2, 0.25) is 0 Å². The molecule has 0 radical (unpaired) electrons. The molecule has 1 aromatic carbocycles. The van der Waals surface area contributed by atoms with Crippen molar-refractivity contribution in [3.63, 3.8) is 0 Å². The molecule has 1 N–H and O–H groups in total. The summed E-state index contributed by atoms with van der Waals surface area (Å²) in [6.45, 7) is 1.61. The minimum Gasteiger partial charge on any atom is -0.380 e. The van der Waals surface area contributed by atoms with E-state index in [1.54, 1.807) is 6.92 Å². The van der Waals surface area contributed by atoms with Crippen LogP contribution in [-0.2, 0) is 16.0 Å². The number of anilines is 1. The van der Waals surface area contributed by atoms with Crippen LogP contribution in [0, 0.1) is 0 Å². The smallest absolute Gasteiger partial charge is 0.380 e. The molecule has 0 aliphatic rings. The SMILES string of the molecule is CC(CS(C)(=O)=O)Nc1ccc(C(F)(F)F)cc1Cl. The first kappa shape index (κ1) is 16.1. The molecule has 0 aliphatic carbocycles. The normalized spacial score (nSPS) is 14.2. The minimum atomic E-state index is -4.46. The topological polar surface area (TPSA) is 46.2 Å². The van der Waals surface area contributed by atoms with Crippen LogP contribution in [0.25, 0.3) is 0 Å². The van der Waals surface area contributed by atoms with Gasteiger partial charge in [0.05, 0.1) is 22.0 Å². The Bertz CT molecular complexity index is 558. The molecule has 0 bridgehead atoms. The summed E-state index contributed by atoms with van der Waals surface area (Å²) < 4.78 is 59.4. The predicted octanol–water partition coefficient (Wildman–Crippen LogP) is 3.20. The molecule has 1 atom stereocenters. The van der Waals surface area contributed by atoms with E-state index in [2.05, 4.69) is 5.32 Å². The van der Waals surface area contributed by atoms with E-state index >= 15 is 0 Å². The maximum Gasteiger partial charge on any atom is 0.416 e. The van der Waals surface area contributed by atoms with Gasteiger partial charge in [0.15, 0.2) is 0 Å². The van der Waals surface area contributed by atoms with Crippen LogP contribution in [0.15, 0.2) is 18.2 Å². The summed E-state index contributed by atoms with van der Waals surface area (Å²) in [7, 11) is -3.17. The monoisotopic (exact) mass is 315 g/mol. The van der Waals surface area contributed by atoms with Gasteiger partial charge in [0.1, 0.15) is 9.84 Å². The summed E-state index contributed by atoms with van der Waals surface area (Å²) in [5.41, 5.74) is -0.579. The molecule has 0 heterocycles. The minimum absolute atomic E-state index is 0.102. The number of hydrogen-bond acceptors (Lipinski definition) is 3. The van der Waals surface area contributed by atoms with Gasteiger partial charge in [-0.25, -0.2) is 8.42 Å². The molecule has 0 saturated carbocycles. The van der Waals surface area contributed by atoms with Crippen LogP contribution in [0.4, 0.5) is 18.9 Å². The highest BCUT2D eigenvalue weighted by molar-refractivity contribution is 7.90. The zero-order valence-electron chi connectivity index (χ0n) is 10.3. The summed E-state index contributed by atoms with van der Waals surface area (Å²) in [5, 5.41) is 2.67. The molecule has 0 fully saturated rings. The van der Waals surface area contributed by atoms with Crippen molar-refractivity contribution >= 4 is 27.1 Å². The molecule has 1 aromatic rings. The molecule has 8 heteroatoms. The van der Waals surface area contributed by atoms with Crippen LogP contribution in [0.1, 0.15) is 12.5 Å². The van der Waals surface area contributed by atoms with Crippen molar-refractivity contribution in [2.45, 2.75) is 19.1 Å². The highest BCUT2D eigenvalue weighted by atomic mass is 35.5. The summed E-state index contributed by atoms with van der Waals surface area (Å²) in [6, 6.07) is 2.42. The average molecular weight is 316 g/mol. The van der Waals surface area contributed by atoms with E-state index in [1.165, 1.54) is 6.07 Å². The van der Waals surface area contributed by atoms with Crippen molar-refractivity contribution in [1.82, 2.24) is 0 Å². The van der Waals surface area contributed by atoms with Crippen LogP contribution < -0.4 is 5.32 Å². The molecule has 0 amide bonds. The van der Waals surface area contributed by atoms with Crippen LogP contribution in [0.2, 0.25) is 5.02 Å². The van der Waals surface area contributed by atoms with Crippen molar-refractivity contribution in [3.8, 4) is 0 Å². The zero-order chi connectivity index (χ0) is 14.8. The Hall–Kier alpha value is -0.950. The van der Waals surface area contributed by atoms with Gasteiger partial charge in [-0.15, -0.1) is 0 Å². The lowest BCUT2D eigenvalue weighted by atomic mass is 10.2. The van der Waals surface area contributed by atoms with Gasteiger partial charge in [0, 0.05) is 12.3 Å². The second-order valence-corrected chi connectivity index (χ2v) is 6.92. The maximum atomic E-state index is 12.4. The lowest BCUT2D eigenvalue weighted by Crippen LogP contribution is -2.25. The molecule has 0 spiro atoms. The van der Waals surface area contributed by atoms with E-state index in [-0.39, 0.29) is 16.5 Å². The second kappa shape index (κ2) is 5.58. The molecule has 0 saturated heterocycles. The Morgan fingerprint density at radius 2 is 1.95 bits per heavy atom.